The molecule has 0 bridgehead atoms. The van der Waals surface area contributed by atoms with Crippen LogP contribution in [0.3, 0.4) is 0 Å². The van der Waals surface area contributed by atoms with Gasteiger partial charge in [-0.3, -0.25) is 4.90 Å². The number of hydrogen-bond acceptors (Lipinski definition) is 4. The van der Waals surface area contributed by atoms with Crippen LogP contribution in [0.5, 0.6) is 0 Å². The van der Waals surface area contributed by atoms with Gasteiger partial charge in [-0.1, -0.05) is 18.2 Å². The summed E-state index contributed by atoms with van der Waals surface area (Å²) in [6.45, 7) is 1.55. The number of nitrogens with zero attached hydrogens (tertiary/aromatic N) is 2. The molecule has 23 heavy (non-hydrogen) atoms. The first-order chi connectivity index (χ1) is 11.3. The maximum Gasteiger partial charge on any atom is 0.199 e. The first-order valence-corrected chi connectivity index (χ1v) is 8.06. The van der Waals surface area contributed by atoms with E-state index in [1.54, 1.807) is 13.3 Å². The molecule has 6 heteroatoms. The molecule has 3 heterocycles. The number of aromatic nitrogens is 2. The Kier molecular flexibility index (Phi) is 3.85. The average molecular weight is 332 g/mol. The van der Waals surface area contributed by atoms with Crippen molar-refractivity contribution in [3.63, 3.8) is 0 Å². The SMILES string of the molecule is CO[C@@H]1CC(c2ncc[nH]2)N(Cc2c(Cl)oc3ccccc23)C1. The predicted octanol–water partition coefficient (Wildman–Crippen LogP) is 3.77. The van der Waals surface area contributed by atoms with Gasteiger partial charge in [0, 0.05) is 43.5 Å². The highest BCUT2D eigenvalue weighted by molar-refractivity contribution is 6.30. The largest absolute Gasteiger partial charge is 0.444 e. The van der Waals surface area contributed by atoms with Crippen molar-refractivity contribution >= 4 is 22.6 Å². The number of imidazole rings is 1. The fourth-order valence-corrected chi connectivity index (χ4v) is 3.62. The standard InChI is InChI=1S/C17H18ClN3O2/c1-22-11-8-14(17-19-6-7-20-17)21(9-11)10-13-12-4-2-3-5-15(12)23-16(13)18/h2-7,11,14H,8-10H2,1H3,(H,19,20)/t11-,14?/m1/s1. The molecule has 1 unspecified atom stereocenters. The number of H-pyrrole nitrogens is 1. The van der Waals surface area contributed by atoms with E-state index in [-0.39, 0.29) is 12.1 Å². The molecule has 0 aliphatic carbocycles. The van der Waals surface area contributed by atoms with Gasteiger partial charge in [-0.25, -0.2) is 4.98 Å². The number of para-hydroxylation sites is 1. The molecule has 3 aromatic rings. The highest BCUT2D eigenvalue weighted by Crippen LogP contribution is 2.37. The fourth-order valence-electron chi connectivity index (χ4n) is 3.37. The number of aromatic amines is 1. The van der Waals surface area contributed by atoms with Gasteiger partial charge in [-0.05, 0) is 24.1 Å². The van der Waals surface area contributed by atoms with Crippen molar-refractivity contribution in [3.05, 3.63) is 53.3 Å². The first kappa shape index (κ1) is 14.8. The summed E-state index contributed by atoms with van der Waals surface area (Å²) in [5.74, 6) is 0.966. The second kappa shape index (κ2) is 6.00. The molecular formula is C17H18ClN3O2. The van der Waals surface area contributed by atoms with Crippen LogP contribution in [0.1, 0.15) is 23.9 Å². The van der Waals surface area contributed by atoms with Crippen LogP contribution in [-0.4, -0.2) is 34.6 Å². The quantitative estimate of drug-likeness (QED) is 0.790. The zero-order valence-corrected chi connectivity index (χ0v) is 13.6. The van der Waals surface area contributed by atoms with Crippen LogP contribution in [-0.2, 0) is 11.3 Å². The van der Waals surface area contributed by atoms with Gasteiger partial charge in [0.15, 0.2) is 5.22 Å². The average Bonchev–Trinajstić information content (AvgIpc) is 3.27. The third-order valence-corrected chi connectivity index (χ3v) is 4.85. The maximum atomic E-state index is 6.34. The van der Waals surface area contributed by atoms with E-state index in [0.717, 1.165) is 35.3 Å². The molecule has 5 nitrogen and oxygen atoms in total. The van der Waals surface area contributed by atoms with Crippen molar-refractivity contribution in [2.75, 3.05) is 13.7 Å². The Morgan fingerprint density at radius 2 is 2.30 bits per heavy atom. The van der Waals surface area contributed by atoms with Crippen LogP contribution in [0, 0.1) is 0 Å². The van der Waals surface area contributed by atoms with E-state index in [2.05, 4.69) is 14.9 Å². The van der Waals surface area contributed by atoms with E-state index in [4.69, 9.17) is 20.8 Å². The minimum Gasteiger partial charge on any atom is -0.444 e. The van der Waals surface area contributed by atoms with E-state index >= 15 is 0 Å². The van der Waals surface area contributed by atoms with Gasteiger partial charge >= 0.3 is 0 Å². The number of rotatable bonds is 4. The molecule has 1 aromatic carbocycles. The molecule has 1 fully saturated rings. The van der Waals surface area contributed by atoms with E-state index in [1.165, 1.54) is 0 Å². The molecule has 1 saturated heterocycles. The van der Waals surface area contributed by atoms with Gasteiger partial charge in [0.1, 0.15) is 11.4 Å². The third kappa shape index (κ3) is 2.65. The summed E-state index contributed by atoms with van der Waals surface area (Å²) in [5.41, 5.74) is 1.85. The fraction of sp³-hybridized carbons (Fsp3) is 0.353. The van der Waals surface area contributed by atoms with Crippen LogP contribution in [0.2, 0.25) is 5.22 Å². The number of methoxy groups -OCH3 is 1. The van der Waals surface area contributed by atoms with Crippen molar-refractivity contribution in [2.24, 2.45) is 0 Å². The number of nitrogens with one attached hydrogen (secondary N) is 1. The Bertz CT molecular complexity index is 799. The molecule has 1 aliphatic heterocycles. The Balaban J connectivity index is 1.66. The van der Waals surface area contributed by atoms with Gasteiger partial charge in [-0.2, -0.15) is 0 Å². The summed E-state index contributed by atoms with van der Waals surface area (Å²) in [4.78, 5) is 9.99. The van der Waals surface area contributed by atoms with E-state index in [9.17, 15) is 0 Å². The van der Waals surface area contributed by atoms with E-state index in [1.807, 2.05) is 30.5 Å². The van der Waals surface area contributed by atoms with Crippen molar-refractivity contribution in [3.8, 4) is 0 Å². The summed E-state index contributed by atoms with van der Waals surface area (Å²) in [6, 6.07) is 8.14. The molecule has 0 saturated carbocycles. The summed E-state index contributed by atoms with van der Waals surface area (Å²) >= 11 is 6.34. The van der Waals surface area contributed by atoms with Gasteiger partial charge in [0.25, 0.3) is 0 Å². The lowest BCUT2D eigenvalue weighted by molar-refractivity contribution is 0.107. The van der Waals surface area contributed by atoms with E-state index < -0.39 is 0 Å². The maximum absolute atomic E-state index is 6.34. The topological polar surface area (TPSA) is 54.3 Å². The second-order valence-corrected chi connectivity index (χ2v) is 6.21. The van der Waals surface area contributed by atoms with Crippen molar-refractivity contribution in [1.29, 1.82) is 0 Å². The first-order valence-electron chi connectivity index (χ1n) is 7.68. The van der Waals surface area contributed by atoms with E-state index in [0.29, 0.717) is 11.8 Å². The van der Waals surface area contributed by atoms with Crippen molar-refractivity contribution in [2.45, 2.75) is 25.1 Å². The lowest BCUT2D eigenvalue weighted by Crippen LogP contribution is -2.25. The third-order valence-electron chi connectivity index (χ3n) is 4.54. The number of benzene rings is 1. The van der Waals surface area contributed by atoms with Crippen LogP contribution in [0.25, 0.3) is 11.0 Å². The summed E-state index contributed by atoms with van der Waals surface area (Å²) in [6.07, 6.45) is 4.75. The molecule has 1 N–H and O–H groups in total. The molecule has 0 spiro atoms. The highest BCUT2D eigenvalue weighted by atomic mass is 35.5. The van der Waals surface area contributed by atoms with Crippen molar-refractivity contribution in [1.82, 2.24) is 14.9 Å². The normalized spacial score (nSPS) is 22.2. The molecule has 0 amide bonds. The summed E-state index contributed by atoms with van der Waals surface area (Å²) < 4.78 is 11.2. The van der Waals surface area contributed by atoms with Crippen LogP contribution >= 0.6 is 11.6 Å². The Morgan fingerprint density at radius 1 is 1.43 bits per heavy atom. The molecule has 2 aromatic heterocycles. The van der Waals surface area contributed by atoms with Crippen LogP contribution in [0.15, 0.2) is 41.1 Å². The van der Waals surface area contributed by atoms with Gasteiger partial charge in [0.05, 0.1) is 12.1 Å². The molecular weight excluding hydrogens is 314 g/mol. The Morgan fingerprint density at radius 3 is 3.09 bits per heavy atom. The number of halogens is 1. The Labute approximate surface area is 139 Å². The molecule has 2 atom stereocenters. The monoisotopic (exact) mass is 331 g/mol. The number of hydrogen-bond donors (Lipinski definition) is 1. The number of ether oxygens (including phenoxy) is 1. The number of fused-ring (bicyclic) bond motifs is 1. The lowest BCUT2D eigenvalue weighted by atomic mass is 10.1. The molecule has 1 aliphatic rings. The molecule has 4 rings (SSSR count). The minimum absolute atomic E-state index is 0.194. The zero-order valence-electron chi connectivity index (χ0n) is 12.8. The van der Waals surface area contributed by atoms with Gasteiger partial charge in [0.2, 0.25) is 0 Å². The molecule has 0 radical (unpaired) electrons. The van der Waals surface area contributed by atoms with Crippen molar-refractivity contribution < 1.29 is 9.15 Å². The Hall–Kier alpha value is -1.82. The lowest BCUT2D eigenvalue weighted by Gasteiger charge is -2.22. The van der Waals surface area contributed by atoms with Crippen LogP contribution < -0.4 is 0 Å². The predicted molar refractivity (Wildman–Crippen MR) is 88.4 cm³/mol. The number of furan rings is 1. The van der Waals surface area contributed by atoms with Gasteiger partial charge < -0.3 is 14.1 Å². The van der Waals surface area contributed by atoms with Crippen LogP contribution in [0.4, 0.5) is 0 Å². The highest BCUT2D eigenvalue weighted by Gasteiger charge is 2.35. The molecule has 120 valence electrons. The smallest absolute Gasteiger partial charge is 0.199 e. The minimum atomic E-state index is 0.194. The second-order valence-electron chi connectivity index (χ2n) is 5.86. The number of likely N-dealkylation sites (tertiary alicyclic amines) is 1. The zero-order chi connectivity index (χ0) is 15.8. The van der Waals surface area contributed by atoms with Gasteiger partial charge in [-0.15, -0.1) is 0 Å². The summed E-state index contributed by atoms with van der Waals surface area (Å²) in [7, 11) is 1.76. The summed E-state index contributed by atoms with van der Waals surface area (Å²) in [5, 5.41) is 1.53.